The second kappa shape index (κ2) is 11.4. The van der Waals surface area contributed by atoms with Crippen LogP contribution in [0.4, 0.5) is 5.69 Å². The summed E-state index contributed by atoms with van der Waals surface area (Å²) < 4.78 is 5.41. The van der Waals surface area contributed by atoms with Gasteiger partial charge in [-0.05, 0) is 73.8 Å². The summed E-state index contributed by atoms with van der Waals surface area (Å²) >= 11 is 5.29. The highest BCUT2D eigenvalue weighted by molar-refractivity contribution is 7.80. The minimum Gasteiger partial charge on any atom is -0.494 e. The summed E-state index contributed by atoms with van der Waals surface area (Å²) in [5.41, 5.74) is 2.00. The topological polar surface area (TPSA) is 70.7 Å². The van der Waals surface area contributed by atoms with E-state index in [1.807, 2.05) is 48.2 Å². The van der Waals surface area contributed by atoms with E-state index in [-0.39, 0.29) is 16.9 Å². The first kappa shape index (κ1) is 23.5. The van der Waals surface area contributed by atoms with Crippen molar-refractivity contribution in [2.45, 2.75) is 26.7 Å². The van der Waals surface area contributed by atoms with Crippen molar-refractivity contribution >= 4 is 40.9 Å². The molecule has 2 aromatic carbocycles. The summed E-state index contributed by atoms with van der Waals surface area (Å²) in [6, 6.07) is 14.7. The number of hydrogen-bond acceptors (Lipinski definition) is 4. The van der Waals surface area contributed by atoms with E-state index in [4.69, 9.17) is 17.0 Å². The van der Waals surface area contributed by atoms with Crippen molar-refractivity contribution in [2.75, 3.05) is 25.0 Å². The number of carbonyl (C=O) groups is 2. The molecule has 7 heteroatoms. The van der Waals surface area contributed by atoms with Gasteiger partial charge in [0.2, 0.25) is 5.91 Å². The lowest BCUT2D eigenvalue weighted by Gasteiger charge is -2.30. The number of amides is 2. The third-order valence-corrected chi connectivity index (χ3v) is 5.54. The summed E-state index contributed by atoms with van der Waals surface area (Å²) in [5.74, 6) is 1.05. The monoisotopic (exact) mass is 451 g/mol. The van der Waals surface area contributed by atoms with Crippen LogP contribution in [0.2, 0.25) is 0 Å². The third kappa shape index (κ3) is 6.65. The second-order valence-electron chi connectivity index (χ2n) is 7.80. The van der Waals surface area contributed by atoms with Gasteiger partial charge in [-0.3, -0.25) is 14.9 Å². The van der Waals surface area contributed by atoms with E-state index in [1.165, 1.54) is 6.08 Å². The molecule has 0 radical (unpaired) electrons. The Balaban J connectivity index is 1.57. The molecule has 2 N–H and O–H groups in total. The Hall–Kier alpha value is -3.19. The Morgan fingerprint density at radius 3 is 2.50 bits per heavy atom. The first-order chi connectivity index (χ1) is 15.5. The van der Waals surface area contributed by atoms with E-state index in [0.29, 0.717) is 23.8 Å². The molecule has 0 spiro atoms. The molecule has 1 aliphatic heterocycles. The number of likely N-dealkylation sites (tertiary alicyclic amines) is 1. The van der Waals surface area contributed by atoms with Crippen molar-refractivity contribution in [2.24, 2.45) is 5.92 Å². The van der Waals surface area contributed by atoms with E-state index in [1.54, 1.807) is 18.2 Å². The van der Waals surface area contributed by atoms with Crippen LogP contribution in [-0.4, -0.2) is 41.5 Å². The molecular formula is C25H29N3O3S. The number of nitrogens with zero attached hydrogens (tertiary/aromatic N) is 1. The van der Waals surface area contributed by atoms with E-state index in [2.05, 4.69) is 17.6 Å². The molecule has 0 aromatic heterocycles. The zero-order valence-electron chi connectivity index (χ0n) is 18.5. The fourth-order valence-corrected chi connectivity index (χ4v) is 3.69. The lowest BCUT2D eigenvalue weighted by molar-refractivity contribution is -0.115. The highest BCUT2D eigenvalue weighted by atomic mass is 32.1. The zero-order chi connectivity index (χ0) is 22.9. The lowest BCUT2D eigenvalue weighted by Crippen LogP contribution is -2.39. The van der Waals surface area contributed by atoms with Crippen molar-refractivity contribution in [1.82, 2.24) is 10.2 Å². The lowest BCUT2D eigenvalue weighted by atomic mass is 9.98. The summed E-state index contributed by atoms with van der Waals surface area (Å²) in [7, 11) is 0. The van der Waals surface area contributed by atoms with Crippen LogP contribution in [0.5, 0.6) is 5.75 Å². The average molecular weight is 452 g/mol. The van der Waals surface area contributed by atoms with Crippen LogP contribution in [0.15, 0.2) is 54.6 Å². The Morgan fingerprint density at radius 2 is 1.81 bits per heavy atom. The summed E-state index contributed by atoms with van der Waals surface area (Å²) in [6.45, 7) is 6.26. The number of nitrogens with one attached hydrogen (secondary N) is 2. The van der Waals surface area contributed by atoms with Gasteiger partial charge in [-0.15, -0.1) is 0 Å². The maximum absolute atomic E-state index is 13.0. The van der Waals surface area contributed by atoms with Crippen LogP contribution in [0, 0.1) is 5.92 Å². The molecular weight excluding hydrogens is 422 g/mol. The number of ether oxygens (including phenoxy) is 1. The minimum absolute atomic E-state index is 0.0236. The van der Waals surface area contributed by atoms with Gasteiger partial charge >= 0.3 is 0 Å². The van der Waals surface area contributed by atoms with Crippen molar-refractivity contribution < 1.29 is 14.3 Å². The Morgan fingerprint density at radius 1 is 1.12 bits per heavy atom. The molecule has 0 aliphatic carbocycles. The number of carbonyl (C=O) groups excluding carboxylic acids is 2. The van der Waals surface area contributed by atoms with Crippen LogP contribution in [-0.2, 0) is 4.79 Å². The van der Waals surface area contributed by atoms with E-state index in [9.17, 15) is 9.59 Å². The summed E-state index contributed by atoms with van der Waals surface area (Å²) in [4.78, 5) is 27.1. The van der Waals surface area contributed by atoms with Gasteiger partial charge in [0.15, 0.2) is 5.11 Å². The molecule has 1 heterocycles. The quantitative estimate of drug-likeness (QED) is 0.500. The zero-order valence-corrected chi connectivity index (χ0v) is 19.3. The van der Waals surface area contributed by atoms with Gasteiger partial charge in [-0.2, -0.15) is 0 Å². The predicted molar refractivity (Wildman–Crippen MR) is 132 cm³/mol. The highest BCUT2D eigenvalue weighted by Crippen LogP contribution is 2.22. The van der Waals surface area contributed by atoms with Crippen LogP contribution in [0.1, 0.15) is 42.6 Å². The molecule has 6 nitrogen and oxygen atoms in total. The molecule has 1 saturated heterocycles. The highest BCUT2D eigenvalue weighted by Gasteiger charge is 2.23. The smallest absolute Gasteiger partial charge is 0.255 e. The maximum atomic E-state index is 13.0. The number of anilines is 1. The molecule has 0 atom stereocenters. The molecule has 32 heavy (non-hydrogen) atoms. The fraction of sp³-hybridized carbons (Fsp3) is 0.320. The molecule has 0 unspecified atom stereocenters. The molecule has 2 amide bonds. The standard InChI is InChI=1S/C25H29N3O3S/c1-3-31-20-11-8-19(9-12-20)10-13-23(29)27-25(32)26-22-7-5-4-6-21(22)24(30)28-16-14-18(2)15-17-28/h4-13,18H,3,14-17H2,1-2H3,(H2,26,27,29,32)/b13-10+. The fourth-order valence-electron chi connectivity index (χ4n) is 3.48. The van der Waals surface area contributed by atoms with Crippen molar-refractivity contribution in [3.63, 3.8) is 0 Å². The van der Waals surface area contributed by atoms with E-state index >= 15 is 0 Å². The van der Waals surface area contributed by atoms with Gasteiger partial charge in [0.25, 0.3) is 5.91 Å². The summed E-state index contributed by atoms with van der Waals surface area (Å²) in [5, 5.41) is 5.76. The molecule has 0 bridgehead atoms. The molecule has 0 saturated carbocycles. The van der Waals surface area contributed by atoms with Gasteiger partial charge in [-0.1, -0.05) is 31.2 Å². The number of thiocarbonyl (C=S) groups is 1. The van der Waals surface area contributed by atoms with Gasteiger partial charge in [-0.25, -0.2) is 0 Å². The predicted octanol–water partition coefficient (Wildman–Crippen LogP) is 4.48. The minimum atomic E-state index is -0.356. The van der Waals surface area contributed by atoms with Crippen LogP contribution in [0.25, 0.3) is 6.08 Å². The van der Waals surface area contributed by atoms with E-state index < -0.39 is 0 Å². The van der Waals surface area contributed by atoms with Crippen molar-refractivity contribution in [3.8, 4) is 5.75 Å². The van der Waals surface area contributed by atoms with Crippen LogP contribution >= 0.6 is 12.2 Å². The van der Waals surface area contributed by atoms with Crippen LogP contribution in [0.3, 0.4) is 0 Å². The number of piperidine rings is 1. The van der Waals surface area contributed by atoms with E-state index in [0.717, 1.165) is 37.2 Å². The first-order valence-electron chi connectivity index (χ1n) is 10.9. The maximum Gasteiger partial charge on any atom is 0.255 e. The second-order valence-corrected chi connectivity index (χ2v) is 8.21. The molecule has 168 valence electrons. The first-order valence-corrected chi connectivity index (χ1v) is 11.3. The number of benzene rings is 2. The average Bonchev–Trinajstić information content (AvgIpc) is 2.79. The molecule has 3 rings (SSSR count). The van der Waals surface area contributed by atoms with Crippen molar-refractivity contribution in [1.29, 1.82) is 0 Å². The van der Waals surface area contributed by atoms with Gasteiger partial charge in [0.05, 0.1) is 17.9 Å². The van der Waals surface area contributed by atoms with Crippen LogP contribution < -0.4 is 15.4 Å². The van der Waals surface area contributed by atoms with Gasteiger partial charge in [0.1, 0.15) is 5.75 Å². The molecule has 1 fully saturated rings. The number of para-hydroxylation sites is 1. The molecule has 1 aliphatic rings. The number of rotatable bonds is 6. The Bertz CT molecular complexity index is 980. The number of hydrogen-bond donors (Lipinski definition) is 2. The normalized spacial score (nSPS) is 14.2. The SMILES string of the molecule is CCOc1ccc(/C=C/C(=O)NC(=S)Nc2ccccc2C(=O)N2CCC(C)CC2)cc1. The van der Waals surface area contributed by atoms with Crippen molar-refractivity contribution in [3.05, 3.63) is 65.7 Å². The summed E-state index contributed by atoms with van der Waals surface area (Å²) in [6.07, 6.45) is 5.13. The largest absolute Gasteiger partial charge is 0.494 e. The molecule has 2 aromatic rings. The Labute approximate surface area is 194 Å². The van der Waals surface area contributed by atoms with Gasteiger partial charge < -0.3 is 15.0 Å². The van der Waals surface area contributed by atoms with Gasteiger partial charge in [0, 0.05) is 19.2 Å². The Kier molecular flexibility index (Phi) is 8.39. The third-order valence-electron chi connectivity index (χ3n) is 5.33.